The minimum absolute atomic E-state index is 0.271. The van der Waals surface area contributed by atoms with Gasteiger partial charge in [-0.15, -0.1) is 0 Å². The van der Waals surface area contributed by atoms with E-state index in [4.69, 9.17) is 40.1 Å². The molecule has 1 fully saturated rings. The van der Waals surface area contributed by atoms with Crippen LogP contribution < -0.4 is 0 Å². The van der Waals surface area contributed by atoms with Gasteiger partial charge in [0.2, 0.25) is 0 Å². The summed E-state index contributed by atoms with van der Waals surface area (Å²) in [6.07, 6.45) is -1.08. The molecule has 1 aliphatic heterocycles. The molecule has 0 N–H and O–H groups in total. The van der Waals surface area contributed by atoms with Crippen LogP contribution in [0.4, 0.5) is 0 Å². The van der Waals surface area contributed by atoms with Crippen molar-refractivity contribution in [3.8, 4) is 0 Å². The van der Waals surface area contributed by atoms with Gasteiger partial charge < -0.3 is 28.5 Å². The standard InChI is InChI=1S/C31H36ClNO10/c1-6-40-33-15-14-23-10-12-24(13-11-23)16-25-8-7-9-26(28(25)32)31(18-38-19(2)34)30(43-22(5)37)29(42-21(4)36)27(17-39-31)41-20(3)35/h7-13,15,27,29-30H,6,14,16-18H2,1-5H3/t27?,29?,30?,31-/m0/s1. The fraction of sp³-hybridized carbons (Fsp3) is 0.452. The highest BCUT2D eigenvalue weighted by Gasteiger charge is 2.58. The van der Waals surface area contributed by atoms with Crippen molar-refractivity contribution in [3.63, 3.8) is 0 Å². The number of ether oxygens (including phenoxy) is 5. The summed E-state index contributed by atoms with van der Waals surface area (Å²) < 4.78 is 28.3. The van der Waals surface area contributed by atoms with Gasteiger partial charge in [0.05, 0.1) is 11.6 Å². The number of esters is 4. The first-order valence-corrected chi connectivity index (χ1v) is 14.1. The summed E-state index contributed by atoms with van der Waals surface area (Å²) in [6.45, 7) is 6.39. The fourth-order valence-electron chi connectivity index (χ4n) is 4.82. The minimum Gasteiger partial charge on any atom is -0.462 e. The molecule has 12 heteroatoms. The average molecular weight is 618 g/mol. The van der Waals surface area contributed by atoms with Gasteiger partial charge in [-0.05, 0) is 30.0 Å². The van der Waals surface area contributed by atoms with Crippen molar-refractivity contribution in [2.45, 2.75) is 71.4 Å². The van der Waals surface area contributed by atoms with Gasteiger partial charge in [0.1, 0.15) is 13.2 Å². The zero-order valence-corrected chi connectivity index (χ0v) is 25.5. The molecule has 0 aliphatic carbocycles. The van der Waals surface area contributed by atoms with Gasteiger partial charge in [-0.3, -0.25) is 19.2 Å². The number of halogens is 1. The summed E-state index contributed by atoms with van der Waals surface area (Å²) in [7, 11) is 0. The van der Waals surface area contributed by atoms with Gasteiger partial charge in [0, 0.05) is 45.9 Å². The first-order chi connectivity index (χ1) is 20.5. The summed E-state index contributed by atoms with van der Waals surface area (Å²) in [5.74, 6) is -2.74. The second kappa shape index (κ2) is 15.5. The van der Waals surface area contributed by atoms with E-state index in [0.29, 0.717) is 30.6 Å². The smallest absolute Gasteiger partial charge is 0.303 e. The van der Waals surface area contributed by atoms with Gasteiger partial charge in [0.15, 0.2) is 23.9 Å². The Morgan fingerprint density at radius 1 is 0.930 bits per heavy atom. The molecule has 0 aromatic heterocycles. The Balaban J connectivity index is 2.05. The van der Waals surface area contributed by atoms with Crippen LogP contribution in [-0.2, 0) is 66.1 Å². The quantitative estimate of drug-likeness (QED) is 0.148. The lowest BCUT2D eigenvalue weighted by Gasteiger charge is -2.48. The zero-order chi connectivity index (χ0) is 31.6. The molecular weight excluding hydrogens is 582 g/mol. The molecule has 3 unspecified atom stereocenters. The highest BCUT2D eigenvalue weighted by atomic mass is 35.5. The molecule has 4 atom stereocenters. The molecule has 0 saturated carbocycles. The highest BCUT2D eigenvalue weighted by Crippen LogP contribution is 2.44. The van der Waals surface area contributed by atoms with E-state index in [0.717, 1.165) is 11.1 Å². The van der Waals surface area contributed by atoms with Crippen LogP contribution in [0.5, 0.6) is 0 Å². The van der Waals surface area contributed by atoms with E-state index < -0.39 is 54.4 Å². The molecule has 0 spiro atoms. The van der Waals surface area contributed by atoms with E-state index in [1.165, 1.54) is 27.7 Å². The summed E-state index contributed by atoms with van der Waals surface area (Å²) in [4.78, 5) is 53.4. The van der Waals surface area contributed by atoms with Crippen LogP contribution in [0, 0.1) is 0 Å². The van der Waals surface area contributed by atoms with Gasteiger partial charge in [-0.1, -0.05) is 59.2 Å². The van der Waals surface area contributed by atoms with Crippen LogP contribution in [-0.4, -0.2) is 68.2 Å². The predicted molar refractivity (Wildman–Crippen MR) is 155 cm³/mol. The van der Waals surface area contributed by atoms with Crippen LogP contribution in [0.1, 0.15) is 56.9 Å². The second-order valence-electron chi connectivity index (χ2n) is 9.91. The van der Waals surface area contributed by atoms with Gasteiger partial charge in [0.25, 0.3) is 0 Å². The fourth-order valence-corrected chi connectivity index (χ4v) is 5.17. The van der Waals surface area contributed by atoms with Crippen molar-refractivity contribution in [2.75, 3.05) is 19.8 Å². The van der Waals surface area contributed by atoms with Gasteiger partial charge in [-0.2, -0.15) is 0 Å². The minimum atomic E-state index is -1.72. The Morgan fingerprint density at radius 3 is 2.19 bits per heavy atom. The number of carbonyl (C=O) groups is 4. The first-order valence-electron chi connectivity index (χ1n) is 13.7. The van der Waals surface area contributed by atoms with Crippen molar-refractivity contribution >= 4 is 41.7 Å². The van der Waals surface area contributed by atoms with Crippen LogP contribution >= 0.6 is 11.6 Å². The lowest BCUT2D eigenvalue weighted by molar-refractivity contribution is -0.269. The van der Waals surface area contributed by atoms with E-state index in [2.05, 4.69) is 5.16 Å². The Bertz CT molecular complexity index is 1330. The monoisotopic (exact) mass is 617 g/mol. The maximum Gasteiger partial charge on any atom is 0.303 e. The Labute approximate surface area is 255 Å². The molecule has 0 bridgehead atoms. The van der Waals surface area contributed by atoms with E-state index in [-0.39, 0.29) is 11.6 Å². The van der Waals surface area contributed by atoms with Gasteiger partial charge >= 0.3 is 23.9 Å². The summed E-state index contributed by atoms with van der Waals surface area (Å²) >= 11 is 7.02. The van der Waals surface area contributed by atoms with Crippen molar-refractivity contribution in [1.82, 2.24) is 0 Å². The molecule has 232 valence electrons. The summed E-state index contributed by atoms with van der Waals surface area (Å²) in [5, 5.41) is 4.14. The average Bonchev–Trinajstić information content (AvgIpc) is 2.94. The molecule has 1 heterocycles. The Morgan fingerprint density at radius 2 is 1.58 bits per heavy atom. The lowest BCUT2D eigenvalue weighted by Crippen LogP contribution is -2.64. The molecule has 1 aliphatic rings. The lowest BCUT2D eigenvalue weighted by atomic mass is 9.80. The normalized spacial score (nSPS) is 21.6. The highest BCUT2D eigenvalue weighted by molar-refractivity contribution is 6.32. The third kappa shape index (κ3) is 9.01. The predicted octanol–water partition coefficient (Wildman–Crippen LogP) is 4.08. The third-order valence-electron chi connectivity index (χ3n) is 6.59. The van der Waals surface area contributed by atoms with Crippen LogP contribution in [0.25, 0.3) is 0 Å². The van der Waals surface area contributed by atoms with E-state index in [1.807, 2.05) is 37.3 Å². The van der Waals surface area contributed by atoms with Crippen LogP contribution in [0.15, 0.2) is 47.6 Å². The summed E-state index contributed by atoms with van der Waals surface area (Å²) in [6, 6.07) is 13.1. The molecule has 2 aromatic rings. The Kier molecular flexibility index (Phi) is 12.1. The Hall–Kier alpha value is -3.96. The zero-order valence-electron chi connectivity index (χ0n) is 24.8. The number of hydrogen-bond donors (Lipinski definition) is 0. The van der Waals surface area contributed by atoms with Crippen LogP contribution in [0.2, 0.25) is 5.02 Å². The molecule has 43 heavy (non-hydrogen) atoms. The van der Waals surface area contributed by atoms with Crippen molar-refractivity contribution in [2.24, 2.45) is 5.16 Å². The third-order valence-corrected chi connectivity index (χ3v) is 7.04. The van der Waals surface area contributed by atoms with Crippen LogP contribution in [0.3, 0.4) is 0 Å². The summed E-state index contributed by atoms with van der Waals surface area (Å²) in [5.41, 5.74) is 1.34. The number of carbonyl (C=O) groups excluding carboxylic acids is 4. The number of oxime groups is 1. The van der Waals surface area contributed by atoms with Gasteiger partial charge in [-0.25, -0.2) is 0 Å². The maximum atomic E-state index is 12.4. The molecule has 0 amide bonds. The second-order valence-corrected chi connectivity index (χ2v) is 10.3. The molecule has 0 radical (unpaired) electrons. The number of hydrogen-bond acceptors (Lipinski definition) is 11. The largest absolute Gasteiger partial charge is 0.462 e. The first kappa shape index (κ1) is 33.5. The van der Waals surface area contributed by atoms with E-state index >= 15 is 0 Å². The molecule has 1 saturated heterocycles. The number of rotatable bonds is 12. The molecule has 2 aromatic carbocycles. The topological polar surface area (TPSA) is 136 Å². The van der Waals surface area contributed by atoms with E-state index in [9.17, 15) is 19.2 Å². The van der Waals surface area contributed by atoms with Crippen molar-refractivity contribution in [3.05, 3.63) is 69.7 Å². The maximum absolute atomic E-state index is 12.4. The number of benzene rings is 2. The molecule has 11 nitrogen and oxygen atoms in total. The number of nitrogens with zero attached hydrogens (tertiary/aromatic N) is 1. The SMILES string of the molecule is CCON=CCc1ccc(Cc2cccc([C@]3(COC(C)=O)OCC(OC(C)=O)C(OC(C)=O)C3OC(C)=O)c2Cl)cc1. The molecular formula is C31H36ClNO10. The van der Waals surface area contributed by atoms with E-state index in [1.54, 1.807) is 18.3 Å². The molecule has 3 rings (SSSR count). The van der Waals surface area contributed by atoms with Crippen molar-refractivity contribution < 1.29 is 47.7 Å². The van der Waals surface area contributed by atoms with Crippen molar-refractivity contribution in [1.29, 1.82) is 0 Å².